The van der Waals surface area contributed by atoms with Crippen LogP contribution in [0.3, 0.4) is 0 Å². The first-order valence-corrected chi connectivity index (χ1v) is 5.59. The molecule has 0 aliphatic carbocycles. The van der Waals surface area contributed by atoms with Gasteiger partial charge >= 0.3 is 0 Å². The standard InChI is InChI=1S/C11H24N2O/c1-4-10(3)13-11(14)6-5-9(2)7-8-12/h9-10H,4-8,12H2,1-3H3,(H,13,14). The van der Waals surface area contributed by atoms with Crippen LogP contribution in [0.1, 0.15) is 46.5 Å². The molecular formula is C11H24N2O. The lowest BCUT2D eigenvalue weighted by Crippen LogP contribution is -2.32. The lowest BCUT2D eigenvalue weighted by Gasteiger charge is -2.13. The molecule has 2 unspecified atom stereocenters. The average Bonchev–Trinajstić information content (AvgIpc) is 2.15. The zero-order valence-electron chi connectivity index (χ0n) is 9.68. The topological polar surface area (TPSA) is 55.1 Å². The maximum atomic E-state index is 11.4. The highest BCUT2D eigenvalue weighted by molar-refractivity contribution is 5.76. The zero-order valence-corrected chi connectivity index (χ0v) is 9.68. The number of rotatable bonds is 7. The van der Waals surface area contributed by atoms with Crippen LogP contribution in [0.5, 0.6) is 0 Å². The molecule has 0 aliphatic heterocycles. The number of carbonyl (C=O) groups excluding carboxylic acids is 1. The predicted octanol–water partition coefficient (Wildman–Crippen LogP) is 1.67. The smallest absolute Gasteiger partial charge is 0.220 e. The van der Waals surface area contributed by atoms with Gasteiger partial charge in [0.2, 0.25) is 5.91 Å². The Morgan fingerprint density at radius 3 is 2.50 bits per heavy atom. The quantitative estimate of drug-likeness (QED) is 0.657. The van der Waals surface area contributed by atoms with Crippen molar-refractivity contribution in [1.29, 1.82) is 0 Å². The number of nitrogens with two attached hydrogens (primary N) is 1. The van der Waals surface area contributed by atoms with E-state index in [1.807, 2.05) is 6.92 Å². The molecule has 0 heterocycles. The fourth-order valence-corrected chi connectivity index (χ4v) is 1.26. The summed E-state index contributed by atoms with van der Waals surface area (Å²) >= 11 is 0. The average molecular weight is 200 g/mol. The van der Waals surface area contributed by atoms with Crippen LogP contribution in [0.2, 0.25) is 0 Å². The molecule has 0 bridgehead atoms. The Bertz CT molecular complexity index is 159. The third-order valence-electron chi connectivity index (χ3n) is 2.54. The van der Waals surface area contributed by atoms with E-state index in [2.05, 4.69) is 19.2 Å². The largest absolute Gasteiger partial charge is 0.354 e. The van der Waals surface area contributed by atoms with Gasteiger partial charge in [-0.05, 0) is 38.6 Å². The molecule has 0 aromatic heterocycles. The number of nitrogens with one attached hydrogen (secondary N) is 1. The van der Waals surface area contributed by atoms with E-state index in [1.54, 1.807) is 0 Å². The summed E-state index contributed by atoms with van der Waals surface area (Å²) in [7, 11) is 0. The van der Waals surface area contributed by atoms with Gasteiger partial charge in [0.1, 0.15) is 0 Å². The summed E-state index contributed by atoms with van der Waals surface area (Å²) in [4.78, 5) is 11.4. The summed E-state index contributed by atoms with van der Waals surface area (Å²) in [6.45, 7) is 6.96. The second-order valence-corrected chi connectivity index (χ2v) is 4.10. The van der Waals surface area contributed by atoms with Crippen molar-refractivity contribution >= 4 is 5.91 Å². The van der Waals surface area contributed by atoms with E-state index in [4.69, 9.17) is 5.73 Å². The van der Waals surface area contributed by atoms with Crippen molar-refractivity contribution in [2.24, 2.45) is 11.7 Å². The third kappa shape index (κ3) is 6.89. The molecule has 0 aliphatic rings. The first-order valence-electron chi connectivity index (χ1n) is 5.59. The minimum atomic E-state index is 0.170. The normalized spacial score (nSPS) is 14.9. The molecule has 0 saturated heterocycles. The molecule has 3 N–H and O–H groups in total. The summed E-state index contributed by atoms with van der Waals surface area (Å²) in [5.41, 5.74) is 5.44. The molecule has 0 aromatic rings. The Morgan fingerprint density at radius 2 is 2.00 bits per heavy atom. The van der Waals surface area contributed by atoms with Crippen LogP contribution in [0.25, 0.3) is 0 Å². The minimum Gasteiger partial charge on any atom is -0.354 e. The molecule has 0 rings (SSSR count). The Hall–Kier alpha value is -0.570. The number of carbonyl (C=O) groups is 1. The van der Waals surface area contributed by atoms with Crippen molar-refractivity contribution in [1.82, 2.24) is 5.32 Å². The Kier molecular flexibility index (Phi) is 7.48. The van der Waals surface area contributed by atoms with E-state index in [-0.39, 0.29) is 5.91 Å². The van der Waals surface area contributed by atoms with Gasteiger partial charge in [0.05, 0.1) is 0 Å². The molecule has 0 radical (unpaired) electrons. The van der Waals surface area contributed by atoms with Gasteiger partial charge in [0, 0.05) is 12.5 Å². The summed E-state index contributed by atoms with van der Waals surface area (Å²) in [5, 5.41) is 2.96. The van der Waals surface area contributed by atoms with Crippen LogP contribution >= 0.6 is 0 Å². The number of hydrogen-bond acceptors (Lipinski definition) is 2. The molecule has 3 nitrogen and oxygen atoms in total. The minimum absolute atomic E-state index is 0.170. The van der Waals surface area contributed by atoms with E-state index in [0.29, 0.717) is 24.9 Å². The lowest BCUT2D eigenvalue weighted by atomic mass is 10.0. The molecular weight excluding hydrogens is 176 g/mol. The predicted molar refractivity (Wildman–Crippen MR) is 60.0 cm³/mol. The van der Waals surface area contributed by atoms with E-state index in [9.17, 15) is 4.79 Å². The van der Waals surface area contributed by atoms with Crippen molar-refractivity contribution in [3.63, 3.8) is 0 Å². The van der Waals surface area contributed by atoms with Gasteiger partial charge in [-0.15, -0.1) is 0 Å². The van der Waals surface area contributed by atoms with Crippen molar-refractivity contribution in [2.75, 3.05) is 6.54 Å². The van der Waals surface area contributed by atoms with Crippen molar-refractivity contribution in [3.8, 4) is 0 Å². The van der Waals surface area contributed by atoms with Crippen LogP contribution in [0.15, 0.2) is 0 Å². The molecule has 0 aromatic carbocycles. The number of hydrogen-bond donors (Lipinski definition) is 2. The van der Waals surface area contributed by atoms with Crippen LogP contribution in [-0.4, -0.2) is 18.5 Å². The van der Waals surface area contributed by atoms with Crippen molar-refractivity contribution < 1.29 is 4.79 Å². The maximum Gasteiger partial charge on any atom is 0.220 e. The fourth-order valence-electron chi connectivity index (χ4n) is 1.26. The highest BCUT2D eigenvalue weighted by Crippen LogP contribution is 2.08. The Labute approximate surface area is 87.4 Å². The van der Waals surface area contributed by atoms with Gasteiger partial charge in [0.25, 0.3) is 0 Å². The highest BCUT2D eigenvalue weighted by Gasteiger charge is 2.07. The monoisotopic (exact) mass is 200 g/mol. The number of amides is 1. The van der Waals surface area contributed by atoms with E-state index >= 15 is 0 Å². The summed E-state index contributed by atoms with van der Waals surface area (Å²) in [6, 6.07) is 0.298. The van der Waals surface area contributed by atoms with E-state index in [1.165, 1.54) is 0 Å². The first-order chi connectivity index (χ1) is 6.60. The van der Waals surface area contributed by atoms with Crippen LogP contribution in [0, 0.1) is 5.92 Å². The third-order valence-corrected chi connectivity index (χ3v) is 2.54. The Morgan fingerprint density at radius 1 is 1.36 bits per heavy atom. The lowest BCUT2D eigenvalue weighted by molar-refractivity contribution is -0.122. The van der Waals surface area contributed by atoms with Gasteiger partial charge in [0.15, 0.2) is 0 Å². The molecule has 0 saturated carbocycles. The fraction of sp³-hybridized carbons (Fsp3) is 0.909. The highest BCUT2D eigenvalue weighted by atomic mass is 16.1. The molecule has 84 valence electrons. The van der Waals surface area contributed by atoms with Crippen molar-refractivity contribution in [3.05, 3.63) is 0 Å². The van der Waals surface area contributed by atoms with Gasteiger partial charge < -0.3 is 11.1 Å². The van der Waals surface area contributed by atoms with Gasteiger partial charge in [-0.2, -0.15) is 0 Å². The molecule has 1 amide bonds. The molecule has 2 atom stereocenters. The summed E-state index contributed by atoms with van der Waals surface area (Å²) < 4.78 is 0. The van der Waals surface area contributed by atoms with Crippen LogP contribution in [0.4, 0.5) is 0 Å². The SMILES string of the molecule is CCC(C)NC(=O)CCC(C)CCN. The summed E-state index contributed by atoms with van der Waals surface area (Å²) in [6.07, 6.45) is 3.58. The van der Waals surface area contributed by atoms with Gasteiger partial charge in [-0.1, -0.05) is 13.8 Å². The van der Waals surface area contributed by atoms with E-state index in [0.717, 1.165) is 19.3 Å². The zero-order chi connectivity index (χ0) is 11.0. The maximum absolute atomic E-state index is 11.4. The van der Waals surface area contributed by atoms with Crippen LogP contribution in [-0.2, 0) is 4.79 Å². The summed E-state index contributed by atoms with van der Waals surface area (Å²) in [5.74, 6) is 0.728. The molecule has 14 heavy (non-hydrogen) atoms. The van der Waals surface area contributed by atoms with Crippen molar-refractivity contribution in [2.45, 2.75) is 52.5 Å². The second kappa shape index (κ2) is 7.80. The Balaban J connectivity index is 3.53. The van der Waals surface area contributed by atoms with E-state index < -0.39 is 0 Å². The first kappa shape index (κ1) is 13.4. The van der Waals surface area contributed by atoms with Crippen LogP contribution < -0.4 is 11.1 Å². The van der Waals surface area contributed by atoms with Gasteiger partial charge in [-0.3, -0.25) is 4.79 Å². The second-order valence-electron chi connectivity index (χ2n) is 4.10. The molecule has 0 fully saturated rings. The molecule has 3 heteroatoms. The van der Waals surface area contributed by atoms with Gasteiger partial charge in [-0.25, -0.2) is 0 Å². The molecule has 0 spiro atoms.